The topological polar surface area (TPSA) is 69.6 Å². The van der Waals surface area contributed by atoms with E-state index in [0.717, 1.165) is 10.5 Å². The second-order valence-electron chi connectivity index (χ2n) is 4.29. The summed E-state index contributed by atoms with van der Waals surface area (Å²) in [5.74, 6) is -1.65. The van der Waals surface area contributed by atoms with E-state index >= 15 is 0 Å². The van der Waals surface area contributed by atoms with Gasteiger partial charge in [-0.25, -0.2) is 14.0 Å². The molecule has 104 valence electrons. The minimum absolute atomic E-state index is 0.0390. The molecule has 1 atom stereocenters. The Morgan fingerprint density at radius 3 is 2.63 bits per heavy atom. The average molecular weight is 268 g/mol. The predicted octanol–water partition coefficient (Wildman–Crippen LogP) is 2.46. The SMILES string of the molecule is CCC(C(=O)O)N(C)C(=O)Nc1cc(C)ccc1F. The van der Waals surface area contributed by atoms with Crippen LogP contribution in [0.1, 0.15) is 18.9 Å². The largest absolute Gasteiger partial charge is 0.480 e. The van der Waals surface area contributed by atoms with Gasteiger partial charge in [0, 0.05) is 7.05 Å². The van der Waals surface area contributed by atoms with Crippen molar-refractivity contribution in [2.75, 3.05) is 12.4 Å². The fourth-order valence-corrected chi connectivity index (χ4v) is 1.69. The van der Waals surface area contributed by atoms with Crippen LogP contribution in [-0.2, 0) is 4.79 Å². The summed E-state index contributed by atoms with van der Waals surface area (Å²) in [4.78, 5) is 23.9. The van der Waals surface area contributed by atoms with Crippen molar-refractivity contribution in [3.63, 3.8) is 0 Å². The zero-order valence-electron chi connectivity index (χ0n) is 11.1. The molecule has 1 aromatic carbocycles. The predicted molar refractivity (Wildman–Crippen MR) is 69.6 cm³/mol. The average Bonchev–Trinajstić information content (AvgIpc) is 2.34. The summed E-state index contributed by atoms with van der Waals surface area (Å²) in [5, 5.41) is 11.3. The number of aliphatic carboxylic acids is 1. The molecule has 0 fully saturated rings. The number of carbonyl (C=O) groups excluding carboxylic acids is 1. The molecule has 19 heavy (non-hydrogen) atoms. The molecular formula is C13H17FN2O3. The molecule has 2 amide bonds. The van der Waals surface area contributed by atoms with Crippen molar-refractivity contribution in [1.29, 1.82) is 0 Å². The summed E-state index contributed by atoms with van der Waals surface area (Å²) in [5.41, 5.74) is 0.835. The van der Waals surface area contributed by atoms with Crippen molar-refractivity contribution in [3.8, 4) is 0 Å². The Balaban J connectivity index is 2.84. The van der Waals surface area contributed by atoms with Crippen LogP contribution in [-0.4, -0.2) is 35.1 Å². The highest BCUT2D eigenvalue weighted by molar-refractivity contribution is 5.92. The van der Waals surface area contributed by atoms with Gasteiger partial charge in [0.15, 0.2) is 0 Å². The van der Waals surface area contributed by atoms with Gasteiger partial charge in [0.1, 0.15) is 11.9 Å². The standard InChI is InChI=1S/C13H17FN2O3/c1-4-11(12(17)18)16(3)13(19)15-10-7-8(2)5-6-9(10)14/h5-7,11H,4H2,1-3H3,(H,15,19)(H,17,18). The van der Waals surface area contributed by atoms with Crippen LogP contribution in [0.3, 0.4) is 0 Å². The molecule has 0 aromatic heterocycles. The number of carboxylic acid groups (broad SMARTS) is 1. The fourth-order valence-electron chi connectivity index (χ4n) is 1.69. The number of hydrogen-bond acceptors (Lipinski definition) is 2. The van der Waals surface area contributed by atoms with Gasteiger partial charge < -0.3 is 15.3 Å². The highest BCUT2D eigenvalue weighted by Gasteiger charge is 2.25. The van der Waals surface area contributed by atoms with E-state index in [1.807, 2.05) is 0 Å². The summed E-state index contributed by atoms with van der Waals surface area (Å²) in [6.07, 6.45) is 0.273. The van der Waals surface area contributed by atoms with Gasteiger partial charge in [-0.05, 0) is 31.0 Å². The van der Waals surface area contributed by atoms with E-state index in [4.69, 9.17) is 5.11 Å². The van der Waals surface area contributed by atoms with Crippen LogP contribution < -0.4 is 5.32 Å². The minimum Gasteiger partial charge on any atom is -0.480 e. The number of carbonyl (C=O) groups is 2. The Hall–Kier alpha value is -2.11. The van der Waals surface area contributed by atoms with Gasteiger partial charge in [-0.1, -0.05) is 13.0 Å². The van der Waals surface area contributed by atoms with E-state index in [2.05, 4.69) is 5.32 Å². The van der Waals surface area contributed by atoms with Crippen LogP contribution in [0.15, 0.2) is 18.2 Å². The molecule has 1 rings (SSSR count). The lowest BCUT2D eigenvalue weighted by atomic mass is 10.2. The van der Waals surface area contributed by atoms with Gasteiger partial charge in [-0.15, -0.1) is 0 Å². The van der Waals surface area contributed by atoms with Crippen LogP contribution in [0.4, 0.5) is 14.9 Å². The summed E-state index contributed by atoms with van der Waals surface area (Å²) in [6.45, 7) is 3.43. The van der Waals surface area contributed by atoms with Gasteiger partial charge in [0.25, 0.3) is 0 Å². The Bertz CT molecular complexity index is 491. The molecule has 0 spiro atoms. The lowest BCUT2D eigenvalue weighted by molar-refractivity contribution is -0.141. The number of amides is 2. The first kappa shape index (κ1) is 14.9. The number of urea groups is 1. The first-order valence-corrected chi connectivity index (χ1v) is 5.89. The van der Waals surface area contributed by atoms with E-state index in [0.29, 0.717) is 0 Å². The molecule has 1 aromatic rings. The van der Waals surface area contributed by atoms with Crippen LogP contribution >= 0.6 is 0 Å². The van der Waals surface area contributed by atoms with E-state index in [1.165, 1.54) is 19.2 Å². The Morgan fingerprint density at radius 2 is 2.11 bits per heavy atom. The van der Waals surface area contributed by atoms with Gasteiger partial charge in [0.05, 0.1) is 5.69 Å². The van der Waals surface area contributed by atoms with Crippen molar-refractivity contribution in [3.05, 3.63) is 29.6 Å². The molecule has 0 saturated carbocycles. The normalized spacial score (nSPS) is 11.8. The Morgan fingerprint density at radius 1 is 1.47 bits per heavy atom. The first-order chi connectivity index (χ1) is 8.86. The third-order valence-electron chi connectivity index (χ3n) is 2.82. The molecule has 0 saturated heterocycles. The molecule has 0 aliphatic heterocycles. The smallest absolute Gasteiger partial charge is 0.326 e. The number of anilines is 1. The number of nitrogens with zero attached hydrogens (tertiary/aromatic N) is 1. The number of hydrogen-bond donors (Lipinski definition) is 2. The second-order valence-corrected chi connectivity index (χ2v) is 4.29. The van der Waals surface area contributed by atoms with Gasteiger partial charge in [-0.3, -0.25) is 0 Å². The van der Waals surface area contributed by atoms with Crippen molar-refractivity contribution in [2.24, 2.45) is 0 Å². The lowest BCUT2D eigenvalue weighted by Crippen LogP contribution is -2.44. The molecule has 2 N–H and O–H groups in total. The zero-order valence-corrected chi connectivity index (χ0v) is 11.1. The number of rotatable bonds is 4. The van der Waals surface area contributed by atoms with Crippen molar-refractivity contribution < 1.29 is 19.1 Å². The molecule has 0 aliphatic carbocycles. The number of benzene rings is 1. The summed E-state index contributed by atoms with van der Waals surface area (Å²) in [7, 11) is 1.37. The van der Waals surface area contributed by atoms with E-state index in [9.17, 15) is 14.0 Å². The fraction of sp³-hybridized carbons (Fsp3) is 0.385. The summed E-state index contributed by atoms with van der Waals surface area (Å²) < 4.78 is 13.5. The third kappa shape index (κ3) is 3.67. The van der Waals surface area contributed by atoms with Crippen LogP contribution in [0.5, 0.6) is 0 Å². The molecular weight excluding hydrogens is 251 g/mol. The molecule has 0 heterocycles. The molecule has 0 bridgehead atoms. The Labute approximate surface area is 111 Å². The zero-order chi connectivity index (χ0) is 14.6. The van der Waals surface area contributed by atoms with Gasteiger partial charge >= 0.3 is 12.0 Å². The van der Waals surface area contributed by atoms with Crippen molar-refractivity contribution in [2.45, 2.75) is 26.3 Å². The quantitative estimate of drug-likeness (QED) is 0.881. The maximum Gasteiger partial charge on any atom is 0.326 e. The molecule has 5 nitrogen and oxygen atoms in total. The third-order valence-corrected chi connectivity index (χ3v) is 2.82. The highest BCUT2D eigenvalue weighted by Crippen LogP contribution is 2.16. The van der Waals surface area contributed by atoms with E-state index in [1.54, 1.807) is 19.9 Å². The number of halogens is 1. The number of carboxylic acids is 1. The minimum atomic E-state index is -1.09. The van der Waals surface area contributed by atoms with E-state index in [-0.39, 0.29) is 12.1 Å². The molecule has 1 unspecified atom stereocenters. The number of nitrogens with one attached hydrogen (secondary N) is 1. The van der Waals surface area contributed by atoms with Crippen LogP contribution in [0, 0.1) is 12.7 Å². The van der Waals surface area contributed by atoms with Crippen molar-refractivity contribution in [1.82, 2.24) is 4.90 Å². The Kier molecular flexibility index (Phi) is 4.86. The maximum absolute atomic E-state index is 13.5. The van der Waals surface area contributed by atoms with Gasteiger partial charge in [-0.2, -0.15) is 0 Å². The first-order valence-electron chi connectivity index (χ1n) is 5.89. The lowest BCUT2D eigenvalue weighted by Gasteiger charge is -2.24. The highest BCUT2D eigenvalue weighted by atomic mass is 19.1. The summed E-state index contributed by atoms with van der Waals surface area (Å²) >= 11 is 0. The molecule has 0 aliphatic rings. The van der Waals surface area contributed by atoms with Crippen LogP contribution in [0.2, 0.25) is 0 Å². The number of likely N-dealkylation sites (N-methyl/N-ethyl adjacent to an activating group) is 1. The monoisotopic (exact) mass is 268 g/mol. The molecule has 0 radical (unpaired) electrons. The molecule has 6 heteroatoms. The maximum atomic E-state index is 13.5. The summed E-state index contributed by atoms with van der Waals surface area (Å²) in [6, 6.07) is 2.73. The van der Waals surface area contributed by atoms with Gasteiger partial charge in [0.2, 0.25) is 0 Å². The van der Waals surface area contributed by atoms with Crippen molar-refractivity contribution >= 4 is 17.7 Å². The number of aryl methyl sites for hydroxylation is 1. The van der Waals surface area contributed by atoms with Crippen LogP contribution in [0.25, 0.3) is 0 Å². The van der Waals surface area contributed by atoms with E-state index < -0.39 is 23.9 Å². The second kappa shape index (κ2) is 6.17.